The molecule has 1 aliphatic rings. The van der Waals surface area contributed by atoms with Crippen molar-refractivity contribution >= 4 is 39.1 Å². The van der Waals surface area contributed by atoms with E-state index in [-0.39, 0.29) is 17.9 Å². The fraction of sp³-hybridized carbons (Fsp3) is 0.222. The highest BCUT2D eigenvalue weighted by Gasteiger charge is 2.23. The number of rotatable bonds is 4. The Kier molecular flexibility index (Phi) is 5.27. The first-order valence-electron chi connectivity index (χ1n) is 7.72. The Morgan fingerprint density at radius 1 is 1.04 bits per heavy atom. The second-order valence-corrected chi connectivity index (χ2v) is 6.36. The standard InChI is InChI=1S/C18H17BrN2O3/c19-15-8-2-1-7-14(15)17(22)20-12-5-3-6-13(11-12)21-18(23)16-9-4-10-24-16/h1-3,5-8,11,16H,4,9-10H2,(H,20,22)(H,21,23). The molecule has 2 N–H and O–H groups in total. The molecule has 2 aromatic rings. The van der Waals surface area contributed by atoms with Gasteiger partial charge in [-0.25, -0.2) is 0 Å². The number of carbonyl (C=O) groups is 2. The molecule has 1 saturated heterocycles. The number of amides is 2. The molecule has 0 aromatic heterocycles. The van der Waals surface area contributed by atoms with Crippen molar-refractivity contribution in [3.63, 3.8) is 0 Å². The zero-order valence-corrected chi connectivity index (χ0v) is 14.5. The average molecular weight is 389 g/mol. The Balaban J connectivity index is 1.68. The van der Waals surface area contributed by atoms with E-state index in [9.17, 15) is 9.59 Å². The van der Waals surface area contributed by atoms with Crippen molar-refractivity contribution in [2.45, 2.75) is 18.9 Å². The van der Waals surface area contributed by atoms with Crippen LogP contribution in [-0.4, -0.2) is 24.5 Å². The van der Waals surface area contributed by atoms with Crippen molar-refractivity contribution in [1.82, 2.24) is 0 Å². The average Bonchev–Trinajstić information content (AvgIpc) is 3.10. The highest BCUT2D eigenvalue weighted by Crippen LogP contribution is 2.21. The van der Waals surface area contributed by atoms with Gasteiger partial charge in [0.2, 0.25) is 0 Å². The molecule has 1 atom stereocenters. The van der Waals surface area contributed by atoms with Crippen LogP contribution in [0.4, 0.5) is 11.4 Å². The van der Waals surface area contributed by atoms with Gasteiger partial charge in [0.15, 0.2) is 0 Å². The van der Waals surface area contributed by atoms with Crippen LogP contribution in [0.2, 0.25) is 0 Å². The third-order valence-electron chi connectivity index (χ3n) is 3.73. The third-order valence-corrected chi connectivity index (χ3v) is 4.42. The van der Waals surface area contributed by atoms with Gasteiger partial charge in [0.1, 0.15) is 6.10 Å². The molecule has 2 amide bonds. The summed E-state index contributed by atoms with van der Waals surface area (Å²) in [7, 11) is 0. The Bertz CT molecular complexity index is 757. The van der Waals surface area contributed by atoms with Gasteiger partial charge in [0.05, 0.1) is 5.56 Å². The van der Waals surface area contributed by atoms with Crippen molar-refractivity contribution in [3.05, 3.63) is 58.6 Å². The van der Waals surface area contributed by atoms with E-state index >= 15 is 0 Å². The molecular formula is C18H17BrN2O3. The molecule has 6 heteroatoms. The van der Waals surface area contributed by atoms with Crippen molar-refractivity contribution in [2.75, 3.05) is 17.2 Å². The first-order valence-corrected chi connectivity index (χ1v) is 8.51. The van der Waals surface area contributed by atoms with Crippen molar-refractivity contribution in [2.24, 2.45) is 0 Å². The molecule has 2 aromatic carbocycles. The van der Waals surface area contributed by atoms with E-state index in [1.807, 2.05) is 12.1 Å². The van der Waals surface area contributed by atoms with Gasteiger partial charge in [-0.1, -0.05) is 18.2 Å². The van der Waals surface area contributed by atoms with Gasteiger partial charge in [0.25, 0.3) is 11.8 Å². The summed E-state index contributed by atoms with van der Waals surface area (Å²) in [5.41, 5.74) is 1.78. The van der Waals surface area contributed by atoms with Gasteiger partial charge in [-0.15, -0.1) is 0 Å². The van der Waals surface area contributed by atoms with Gasteiger partial charge in [-0.3, -0.25) is 9.59 Å². The quantitative estimate of drug-likeness (QED) is 0.836. The zero-order chi connectivity index (χ0) is 16.9. The molecule has 0 bridgehead atoms. The Hall–Kier alpha value is -2.18. The van der Waals surface area contributed by atoms with Crippen LogP contribution >= 0.6 is 15.9 Å². The zero-order valence-electron chi connectivity index (χ0n) is 12.9. The minimum atomic E-state index is -0.386. The van der Waals surface area contributed by atoms with Crippen LogP contribution in [0.25, 0.3) is 0 Å². The smallest absolute Gasteiger partial charge is 0.256 e. The van der Waals surface area contributed by atoms with Crippen molar-refractivity contribution < 1.29 is 14.3 Å². The molecule has 0 radical (unpaired) electrons. The number of hydrogen-bond donors (Lipinski definition) is 2. The fourth-order valence-electron chi connectivity index (χ4n) is 2.53. The summed E-state index contributed by atoms with van der Waals surface area (Å²) in [6.07, 6.45) is 1.26. The minimum Gasteiger partial charge on any atom is -0.368 e. The highest BCUT2D eigenvalue weighted by molar-refractivity contribution is 9.10. The predicted molar refractivity (Wildman–Crippen MR) is 96.1 cm³/mol. The van der Waals surface area contributed by atoms with Crippen LogP contribution in [0.5, 0.6) is 0 Å². The number of nitrogens with one attached hydrogen (secondary N) is 2. The highest BCUT2D eigenvalue weighted by atomic mass is 79.9. The monoisotopic (exact) mass is 388 g/mol. The van der Waals surface area contributed by atoms with E-state index in [1.54, 1.807) is 36.4 Å². The van der Waals surface area contributed by atoms with Crippen molar-refractivity contribution in [1.29, 1.82) is 0 Å². The van der Waals surface area contributed by atoms with Crippen molar-refractivity contribution in [3.8, 4) is 0 Å². The van der Waals surface area contributed by atoms with E-state index < -0.39 is 0 Å². The normalized spacial score (nSPS) is 16.6. The number of anilines is 2. The largest absolute Gasteiger partial charge is 0.368 e. The number of carbonyl (C=O) groups excluding carboxylic acids is 2. The number of benzene rings is 2. The maximum atomic E-state index is 12.3. The van der Waals surface area contributed by atoms with Crippen LogP contribution in [0.3, 0.4) is 0 Å². The summed E-state index contributed by atoms with van der Waals surface area (Å²) in [6, 6.07) is 14.3. The molecule has 0 saturated carbocycles. The Labute approximate surface area is 148 Å². The van der Waals surface area contributed by atoms with Gasteiger partial charge in [0, 0.05) is 22.5 Å². The summed E-state index contributed by atoms with van der Waals surface area (Å²) in [4.78, 5) is 24.4. The molecule has 0 aliphatic carbocycles. The second kappa shape index (κ2) is 7.59. The van der Waals surface area contributed by atoms with E-state index in [4.69, 9.17) is 4.74 Å². The number of hydrogen-bond acceptors (Lipinski definition) is 3. The van der Waals surface area contributed by atoms with Crippen LogP contribution in [0, 0.1) is 0 Å². The molecular weight excluding hydrogens is 372 g/mol. The SMILES string of the molecule is O=C(Nc1cccc(NC(=O)C2CCCO2)c1)c1ccccc1Br. The summed E-state index contributed by atoms with van der Waals surface area (Å²) in [6.45, 7) is 0.625. The molecule has 1 heterocycles. The molecule has 1 unspecified atom stereocenters. The van der Waals surface area contributed by atoms with Gasteiger partial charge >= 0.3 is 0 Å². The predicted octanol–water partition coefficient (Wildman–Crippen LogP) is 3.82. The molecule has 1 fully saturated rings. The lowest BCUT2D eigenvalue weighted by Gasteiger charge is -2.12. The Morgan fingerprint density at radius 3 is 2.50 bits per heavy atom. The van der Waals surface area contributed by atoms with E-state index in [2.05, 4.69) is 26.6 Å². The maximum Gasteiger partial charge on any atom is 0.256 e. The molecule has 0 spiro atoms. The summed E-state index contributed by atoms with van der Waals surface area (Å²) < 4.78 is 6.09. The first-order chi connectivity index (χ1) is 11.6. The van der Waals surface area contributed by atoms with Gasteiger partial charge < -0.3 is 15.4 Å². The number of halogens is 1. The molecule has 1 aliphatic heterocycles. The maximum absolute atomic E-state index is 12.3. The fourth-order valence-corrected chi connectivity index (χ4v) is 2.99. The van der Waals surface area contributed by atoms with Crippen LogP contribution in [0.1, 0.15) is 23.2 Å². The molecule has 124 valence electrons. The molecule has 5 nitrogen and oxygen atoms in total. The summed E-state index contributed by atoms with van der Waals surface area (Å²) >= 11 is 3.36. The molecule has 3 rings (SSSR count). The van der Waals surface area contributed by atoms with Crippen LogP contribution in [0.15, 0.2) is 53.0 Å². The van der Waals surface area contributed by atoms with Gasteiger partial charge in [-0.2, -0.15) is 0 Å². The third kappa shape index (κ3) is 4.01. The lowest BCUT2D eigenvalue weighted by atomic mass is 10.2. The lowest BCUT2D eigenvalue weighted by Crippen LogP contribution is -2.26. The lowest BCUT2D eigenvalue weighted by molar-refractivity contribution is -0.124. The van der Waals surface area contributed by atoms with Crippen LogP contribution in [-0.2, 0) is 9.53 Å². The topological polar surface area (TPSA) is 67.4 Å². The Morgan fingerprint density at radius 2 is 1.79 bits per heavy atom. The summed E-state index contributed by atoms with van der Waals surface area (Å²) in [5, 5.41) is 5.65. The second-order valence-electron chi connectivity index (χ2n) is 5.51. The van der Waals surface area contributed by atoms with E-state index in [0.29, 0.717) is 23.5 Å². The minimum absolute atomic E-state index is 0.151. The van der Waals surface area contributed by atoms with Gasteiger partial charge in [-0.05, 0) is 59.1 Å². The number of ether oxygens (including phenoxy) is 1. The van der Waals surface area contributed by atoms with E-state index in [0.717, 1.165) is 17.3 Å². The summed E-state index contributed by atoms with van der Waals surface area (Å²) in [5.74, 6) is -0.369. The van der Waals surface area contributed by atoms with E-state index in [1.165, 1.54) is 0 Å². The molecule has 24 heavy (non-hydrogen) atoms. The first kappa shape index (κ1) is 16.7. The van der Waals surface area contributed by atoms with Crippen LogP contribution < -0.4 is 10.6 Å².